The molecular weight excluding hydrogens is 246 g/mol. The Hall–Kier alpha value is -1.28. The molecule has 2 aromatic rings. The summed E-state index contributed by atoms with van der Waals surface area (Å²) in [5.41, 5.74) is 3.81. The molecule has 2 heteroatoms. The van der Waals surface area contributed by atoms with E-state index in [9.17, 15) is 0 Å². The molecule has 1 aliphatic heterocycles. The van der Waals surface area contributed by atoms with E-state index >= 15 is 0 Å². The van der Waals surface area contributed by atoms with Crippen LogP contribution < -0.4 is 5.32 Å². The van der Waals surface area contributed by atoms with E-state index in [0.29, 0.717) is 0 Å². The Morgan fingerprint density at radius 3 is 2.68 bits per heavy atom. The van der Waals surface area contributed by atoms with Gasteiger partial charge in [0.15, 0.2) is 0 Å². The lowest BCUT2D eigenvalue weighted by Gasteiger charge is -2.31. The first kappa shape index (κ1) is 12.7. The van der Waals surface area contributed by atoms with Gasteiger partial charge < -0.3 is 5.32 Å². The monoisotopic (exact) mass is 268 g/mol. The number of nitrogens with one attached hydrogen (secondary N) is 1. The summed E-state index contributed by atoms with van der Waals surface area (Å²) in [6.45, 7) is 5.92. The Morgan fingerprint density at radius 2 is 1.89 bits per heavy atom. The molecule has 1 nitrogen and oxygen atoms in total. The molecule has 0 aliphatic carbocycles. The highest BCUT2D eigenvalue weighted by Crippen LogP contribution is 2.35. The summed E-state index contributed by atoms with van der Waals surface area (Å²) in [6.07, 6.45) is 1.28. The number of hydrogen-bond acceptors (Lipinski definition) is 1. The van der Waals surface area contributed by atoms with E-state index in [0.717, 1.165) is 5.54 Å². The highest BCUT2D eigenvalue weighted by molar-refractivity contribution is 6.60. The zero-order chi connectivity index (χ0) is 13.2. The molecular formula is C17H22NSi. The first-order chi connectivity index (χ1) is 9.33. The lowest BCUT2D eigenvalue weighted by Crippen LogP contribution is -2.30. The van der Waals surface area contributed by atoms with E-state index in [-0.39, 0.29) is 8.80 Å². The lowest BCUT2D eigenvalue weighted by molar-refractivity contribution is 0.801. The topological polar surface area (TPSA) is 12.0 Å². The number of fused-ring (bicyclic) bond motifs is 3. The van der Waals surface area contributed by atoms with Gasteiger partial charge in [0, 0.05) is 12.2 Å². The molecule has 0 spiro atoms. The molecule has 1 heterocycles. The summed E-state index contributed by atoms with van der Waals surface area (Å²) in [5.74, 6) is 0. The molecule has 1 aliphatic rings. The summed E-state index contributed by atoms with van der Waals surface area (Å²) in [5, 5.41) is 6.51. The molecule has 1 atom stereocenters. The standard InChI is InChI=1S/C17H22NSi/c1-3-19(4-2)14-11-16-15-8-6-5-7-13(15)9-10-17(16)18-12-14/h5-10,14,18H,3-4,11-12H2,1-2H3. The van der Waals surface area contributed by atoms with Crippen LogP contribution in [0.2, 0.25) is 17.6 Å². The van der Waals surface area contributed by atoms with Crippen molar-refractivity contribution in [2.24, 2.45) is 0 Å². The van der Waals surface area contributed by atoms with E-state index in [1.54, 1.807) is 5.56 Å². The minimum Gasteiger partial charge on any atom is -0.385 e. The molecule has 1 unspecified atom stereocenters. The maximum Gasteiger partial charge on any atom is 0.0530 e. The maximum absolute atomic E-state index is 3.68. The molecule has 0 saturated heterocycles. The molecule has 0 fully saturated rings. The van der Waals surface area contributed by atoms with Gasteiger partial charge in [-0.2, -0.15) is 0 Å². The van der Waals surface area contributed by atoms with Crippen LogP contribution in [0.4, 0.5) is 5.69 Å². The third-order valence-corrected chi connectivity index (χ3v) is 7.90. The summed E-state index contributed by atoms with van der Waals surface area (Å²) >= 11 is 0. The fraction of sp³-hybridized carbons (Fsp3) is 0.412. The van der Waals surface area contributed by atoms with Crippen LogP contribution in [0.15, 0.2) is 36.4 Å². The Kier molecular flexibility index (Phi) is 3.60. The van der Waals surface area contributed by atoms with E-state index in [4.69, 9.17) is 0 Å². The molecule has 0 saturated carbocycles. The second kappa shape index (κ2) is 5.38. The van der Waals surface area contributed by atoms with Crippen molar-refractivity contribution in [3.05, 3.63) is 42.0 Å². The van der Waals surface area contributed by atoms with Gasteiger partial charge in [0.2, 0.25) is 0 Å². The zero-order valence-corrected chi connectivity index (χ0v) is 12.9. The highest BCUT2D eigenvalue weighted by atomic mass is 28.3. The lowest BCUT2D eigenvalue weighted by atomic mass is 9.96. The van der Waals surface area contributed by atoms with E-state index in [1.165, 1.54) is 41.5 Å². The first-order valence-corrected chi connectivity index (χ1v) is 9.41. The molecule has 19 heavy (non-hydrogen) atoms. The van der Waals surface area contributed by atoms with Crippen LogP contribution >= 0.6 is 0 Å². The van der Waals surface area contributed by atoms with Gasteiger partial charge in [-0.25, -0.2) is 0 Å². The van der Waals surface area contributed by atoms with Gasteiger partial charge in [0.1, 0.15) is 0 Å². The summed E-state index contributed by atoms with van der Waals surface area (Å²) in [4.78, 5) is 0. The molecule has 1 N–H and O–H groups in total. The third kappa shape index (κ3) is 2.30. The van der Waals surface area contributed by atoms with Crippen LogP contribution in [-0.4, -0.2) is 15.3 Å². The SMILES string of the molecule is CC[Si](CC)C1CNc2ccc3ccccc3c2C1. The first-order valence-electron chi connectivity index (χ1n) is 7.42. The normalized spacial score (nSPS) is 18.4. The van der Waals surface area contributed by atoms with Gasteiger partial charge in [0.05, 0.1) is 8.80 Å². The van der Waals surface area contributed by atoms with Crippen molar-refractivity contribution < 1.29 is 0 Å². The van der Waals surface area contributed by atoms with Crippen molar-refractivity contribution in [2.75, 3.05) is 11.9 Å². The van der Waals surface area contributed by atoms with Crippen molar-refractivity contribution in [2.45, 2.75) is 37.9 Å². The minimum absolute atomic E-state index is 0.196. The molecule has 2 aromatic carbocycles. The van der Waals surface area contributed by atoms with Crippen LogP contribution in [-0.2, 0) is 6.42 Å². The zero-order valence-electron chi connectivity index (χ0n) is 11.9. The highest BCUT2D eigenvalue weighted by Gasteiger charge is 2.26. The Labute approximate surface area is 117 Å². The fourth-order valence-electron chi connectivity index (χ4n) is 3.39. The van der Waals surface area contributed by atoms with Gasteiger partial charge in [-0.1, -0.05) is 56.3 Å². The quantitative estimate of drug-likeness (QED) is 0.795. The van der Waals surface area contributed by atoms with E-state index in [2.05, 4.69) is 55.6 Å². The smallest absolute Gasteiger partial charge is 0.0530 e. The minimum atomic E-state index is -0.196. The van der Waals surface area contributed by atoms with Gasteiger partial charge in [-0.15, -0.1) is 0 Å². The number of benzene rings is 2. The average molecular weight is 268 g/mol. The Bertz CT molecular complexity index is 574. The van der Waals surface area contributed by atoms with Crippen LogP contribution in [0.3, 0.4) is 0 Å². The average Bonchev–Trinajstić information content (AvgIpc) is 2.48. The summed E-state index contributed by atoms with van der Waals surface area (Å²) in [6, 6.07) is 16.1. The molecule has 0 bridgehead atoms. The number of rotatable bonds is 3. The molecule has 0 aromatic heterocycles. The van der Waals surface area contributed by atoms with Crippen molar-refractivity contribution >= 4 is 25.3 Å². The van der Waals surface area contributed by atoms with Crippen LogP contribution in [0, 0.1) is 0 Å². The predicted molar refractivity (Wildman–Crippen MR) is 86.6 cm³/mol. The molecule has 0 amide bonds. The Balaban J connectivity index is 2.00. The second-order valence-corrected chi connectivity index (χ2v) is 9.01. The summed E-state index contributed by atoms with van der Waals surface area (Å²) in [7, 11) is -0.196. The predicted octanol–water partition coefficient (Wildman–Crippen LogP) is 4.71. The third-order valence-electron chi connectivity index (χ3n) is 4.52. The van der Waals surface area contributed by atoms with Gasteiger partial charge in [0.25, 0.3) is 0 Å². The molecule has 99 valence electrons. The Morgan fingerprint density at radius 1 is 1.11 bits per heavy atom. The van der Waals surface area contributed by atoms with E-state index in [1.807, 2.05) is 0 Å². The van der Waals surface area contributed by atoms with Crippen LogP contribution in [0.25, 0.3) is 10.8 Å². The fourth-order valence-corrected chi connectivity index (χ4v) is 5.93. The van der Waals surface area contributed by atoms with Crippen molar-refractivity contribution in [1.82, 2.24) is 0 Å². The molecule has 1 radical (unpaired) electrons. The van der Waals surface area contributed by atoms with Crippen molar-refractivity contribution in [1.29, 1.82) is 0 Å². The van der Waals surface area contributed by atoms with Crippen molar-refractivity contribution in [3.8, 4) is 0 Å². The van der Waals surface area contributed by atoms with E-state index < -0.39 is 0 Å². The maximum atomic E-state index is 3.68. The van der Waals surface area contributed by atoms with Gasteiger partial charge in [-0.3, -0.25) is 0 Å². The largest absolute Gasteiger partial charge is 0.385 e. The van der Waals surface area contributed by atoms with Crippen molar-refractivity contribution in [3.63, 3.8) is 0 Å². The number of anilines is 1. The molecule has 3 rings (SSSR count). The van der Waals surface area contributed by atoms with Gasteiger partial charge >= 0.3 is 0 Å². The van der Waals surface area contributed by atoms with Crippen LogP contribution in [0.1, 0.15) is 19.4 Å². The second-order valence-electron chi connectivity index (χ2n) is 5.46. The summed E-state index contributed by atoms with van der Waals surface area (Å²) < 4.78 is 0. The number of hydrogen-bond donors (Lipinski definition) is 1. The van der Waals surface area contributed by atoms with Crippen LogP contribution in [0.5, 0.6) is 0 Å². The van der Waals surface area contributed by atoms with Gasteiger partial charge in [-0.05, 0) is 34.4 Å².